The van der Waals surface area contributed by atoms with Gasteiger partial charge in [0.05, 0.1) is 12.1 Å². The lowest BCUT2D eigenvalue weighted by molar-refractivity contribution is -0.122. The van der Waals surface area contributed by atoms with Crippen LogP contribution in [0.3, 0.4) is 0 Å². The Balaban J connectivity index is 1.50. The Labute approximate surface area is 146 Å². The second-order valence-corrected chi connectivity index (χ2v) is 6.61. The summed E-state index contributed by atoms with van der Waals surface area (Å²) < 4.78 is 7.64. The van der Waals surface area contributed by atoms with Crippen molar-refractivity contribution in [2.75, 3.05) is 11.4 Å². The molecule has 0 bridgehead atoms. The monoisotopic (exact) mass is 338 g/mol. The molecular formula is C19H22N4O2. The Morgan fingerprint density at radius 2 is 2.16 bits per heavy atom. The third-order valence-corrected chi connectivity index (χ3v) is 4.74. The molecule has 3 aromatic rings. The van der Waals surface area contributed by atoms with Gasteiger partial charge >= 0.3 is 0 Å². The number of aromatic nitrogens is 2. The maximum absolute atomic E-state index is 12.9. The molecular weight excluding hydrogens is 316 g/mol. The van der Waals surface area contributed by atoms with E-state index in [1.807, 2.05) is 56.6 Å². The molecule has 0 radical (unpaired) electrons. The van der Waals surface area contributed by atoms with Crippen LogP contribution in [-0.4, -0.2) is 28.3 Å². The number of nitrogens with one attached hydrogen (secondary N) is 1. The van der Waals surface area contributed by atoms with Crippen LogP contribution >= 0.6 is 0 Å². The molecule has 0 saturated carbocycles. The number of amides is 1. The minimum Gasteiger partial charge on any atom is -0.459 e. The van der Waals surface area contributed by atoms with Crippen LogP contribution in [0.4, 0.5) is 5.82 Å². The molecule has 0 aliphatic carbocycles. The largest absolute Gasteiger partial charge is 0.459 e. The van der Waals surface area contributed by atoms with Gasteiger partial charge in [0.15, 0.2) is 5.82 Å². The predicted octanol–water partition coefficient (Wildman–Crippen LogP) is 3.01. The minimum absolute atomic E-state index is 0.0370. The van der Waals surface area contributed by atoms with Crippen molar-refractivity contribution in [3.8, 4) is 0 Å². The lowest BCUT2D eigenvalue weighted by atomic mass is 10.0. The summed E-state index contributed by atoms with van der Waals surface area (Å²) in [5.74, 6) is 1.65. The molecule has 3 heterocycles. The summed E-state index contributed by atoms with van der Waals surface area (Å²) in [4.78, 5) is 14.6. The first kappa shape index (κ1) is 15.9. The van der Waals surface area contributed by atoms with Gasteiger partial charge in [0, 0.05) is 31.2 Å². The van der Waals surface area contributed by atoms with Crippen molar-refractivity contribution in [1.82, 2.24) is 15.1 Å². The fourth-order valence-corrected chi connectivity index (χ4v) is 3.40. The predicted molar refractivity (Wildman–Crippen MR) is 96.3 cm³/mol. The molecule has 1 aromatic carbocycles. The fourth-order valence-electron chi connectivity index (χ4n) is 3.40. The SMILES string of the molecule is C[C@@H](N[C@H]1CCCN(c2ccn(C)n2)C1=O)c1cc2ccccc2o1. The molecule has 1 amide bonds. The number of benzene rings is 1. The molecule has 1 aliphatic rings. The van der Waals surface area contributed by atoms with E-state index >= 15 is 0 Å². The molecule has 0 unspecified atom stereocenters. The maximum atomic E-state index is 12.9. The van der Waals surface area contributed by atoms with Crippen LogP contribution in [0, 0.1) is 0 Å². The van der Waals surface area contributed by atoms with Gasteiger partial charge < -0.3 is 4.42 Å². The highest BCUT2D eigenvalue weighted by Crippen LogP contribution is 2.26. The zero-order valence-corrected chi connectivity index (χ0v) is 14.5. The topological polar surface area (TPSA) is 63.3 Å². The number of fused-ring (bicyclic) bond motifs is 1. The number of nitrogens with zero attached hydrogens (tertiary/aromatic N) is 3. The van der Waals surface area contributed by atoms with Gasteiger partial charge in [0.1, 0.15) is 11.3 Å². The number of furan rings is 1. The Bertz CT molecular complexity index is 865. The summed E-state index contributed by atoms with van der Waals surface area (Å²) in [6, 6.07) is 11.6. The van der Waals surface area contributed by atoms with Crippen LogP contribution in [-0.2, 0) is 11.8 Å². The number of anilines is 1. The molecule has 6 heteroatoms. The van der Waals surface area contributed by atoms with Crippen LogP contribution in [0.2, 0.25) is 0 Å². The first-order valence-corrected chi connectivity index (χ1v) is 8.67. The fraction of sp³-hybridized carbons (Fsp3) is 0.368. The van der Waals surface area contributed by atoms with Gasteiger partial charge in [-0.05, 0) is 31.9 Å². The zero-order valence-electron chi connectivity index (χ0n) is 14.5. The Morgan fingerprint density at radius 1 is 1.32 bits per heavy atom. The molecule has 4 rings (SSSR count). The summed E-state index contributed by atoms with van der Waals surface area (Å²) >= 11 is 0. The highest BCUT2D eigenvalue weighted by atomic mass is 16.3. The van der Waals surface area contributed by atoms with Crippen molar-refractivity contribution in [1.29, 1.82) is 0 Å². The molecule has 1 N–H and O–H groups in total. The van der Waals surface area contributed by atoms with E-state index in [1.165, 1.54) is 0 Å². The summed E-state index contributed by atoms with van der Waals surface area (Å²) in [7, 11) is 1.86. The second-order valence-electron chi connectivity index (χ2n) is 6.61. The first-order chi connectivity index (χ1) is 12.1. The van der Waals surface area contributed by atoms with E-state index in [-0.39, 0.29) is 18.0 Å². The van der Waals surface area contributed by atoms with Crippen molar-refractivity contribution in [2.45, 2.75) is 31.8 Å². The van der Waals surface area contributed by atoms with Crippen molar-refractivity contribution in [3.05, 3.63) is 48.4 Å². The van der Waals surface area contributed by atoms with E-state index in [0.717, 1.165) is 35.4 Å². The number of piperidine rings is 1. The van der Waals surface area contributed by atoms with Crippen LogP contribution in [0.1, 0.15) is 31.6 Å². The second kappa shape index (κ2) is 6.37. The Hall–Kier alpha value is -2.60. The highest BCUT2D eigenvalue weighted by molar-refractivity contribution is 5.97. The number of rotatable bonds is 4. The molecule has 1 aliphatic heterocycles. The van der Waals surface area contributed by atoms with Gasteiger partial charge in [0.25, 0.3) is 0 Å². The molecule has 1 fully saturated rings. The van der Waals surface area contributed by atoms with E-state index in [4.69, 9.17) is 4.42 Å². The van der Waals surface area contributed by atoms with Crippen molar-refractivity contribution >= 4 is 22.7 Å². The van der Waals surface area contributed by atoms with Crippen molar-refractivity contribution in [2.24, 2.45) is 7.05 Å². The molecule has 0 spiro atoms. The lowest BCUT2D eigenvalue weighted by Gasteiger charge is -2.32. The standard InChI is InChI=1S/C19H22N4O2/c1-13(17-12-14-6-3-4-8-16(14)25-17)20-15-7-5-10-23(19(15)24)18-9-11-22(2)21-18/h3-4,6,8-9,11-13,15,20H,5,7,10H2,1-2H3/t13-,15+/m1/s1. The quantitative estimate of drug-likeness (QED) is 0.794. The normalized spacial score (nSPS) is 19.5. The Morgan fingerprint density at radius 3 is 2.92 bits per heavy atom. The smallest absolute Gasteiger partial charge is 0.245 e. The van der Waals surface area contributed by atoms with Gasteiger partial charge in [-0.2, -0.15) is 5.10 Å². The molecule has 6 nitrogen and oxygen atoms in total. The summed E-state index contributed by atoms with van der Waals surface area (Å²) in [5, 5.41) is 8.87. The maximum Gasteiger partial charge on any atom is 0.245 e. The lowest BCUT2D eigenvalue weighted by Crippen LogP contribution is -2.51. The third-order valence-electron chi connectivity index (χ3n) is 4.74. The van der Waals surface area contributed by atoms with E-state index in [0.29, 0.717) is 6.54 Å². The number of hydrogen-bond donors (Lipinski definition) is 1. The van der Waals surface area contributed by atoms with Gasteiger partial charge in [-0.25, -0.2) is 0 Å². The molecule has 25 heavy (non-hydrogen) atoms. The number of hydrogen-bond acceptors (Lipinski definition) is 4. The number of aryl methyl sites for hydroxylation is 1. The first-order valence-electron chi connectivity index (χ1n) is 8.67. The van der Waals surface area contributed by atoms with Gasteiger partial charge in [-0.3, -0.25) is 19.7 Å². The molecule has 130 valence electrons. The highest BCUT2D eigenvalue weighted by Gasteiger charge is 2.32. The number of carbonyl (C=O) groups is 1. The van der Waals surface area contributed by atoms with Crippen LogP contribution in [0.25, 0.3) is 11.0 Å². The number of para-hydroxylation sites is 1. The molecule has 1 saturated heterocycles. The van der Waals surface area contributed by atoms with Gasteiger partial charge in [-0.1, -0.05) is 18.2 Å². The molecule has 2 atom stereocenters. The Kier molecular flexibility index (Phi) is 4.05. The summed E-state index contributed by atoms with van der Waals surface area (Å²) in [5.41, 5.74) is 0.872. The van der Waals surface area contributed by atoms with Gasteiger partial charge in [0.2, 0.25) is 5.91 Å². The van der Waals surface area contributed by atoms with E-state index < -0.39 is 0 Å². The van der Waals surface area contributed by atoms with E-state index in [9.17, 15) is 4.79 Å². The average Bonchev–Trinajstić information content (AvgIpc) is 3.23. The van der Waals surface area contributed by atoms with Gasteiger partial charge in [-0.15, -0.1) is 0 Å². The number of carbonyl (C=O) groups excluding carboxylic acids is 1. The van der Waals surface area contributed by atoms with E-state index in [2.05, 4.69) is 10.4 Å². The average molecular weight is 338 g/mol. The van der Waals surface area contributed by atoms with E-state index in [1.54, 1.807) is 9.58 Å². The van der Waals surface area contributed by atoms with Crippen LogP contribution < -0.4 is 10.2 Å². The minimum atomic E-state index is -0.223. The van der Waals surface area contributed by atoms with Crippen LogP contribution in [0.15, 0.2) is 47.0 Å². The zero-order chi connectivity index (χ0) is 17.4. The van der Waals surface area contributed by atoms with Crippen molar-refractivity contribution < 1.29 is 9.21 Å². The summed E-state index contributed by atoms with van der Waals surface area (Å²) in [6.07, 6.45) is 3.64. The summed E-state index contributed by atoms with van der Waals surface area (Å²) in [6.45, 7) is 2.75. The van der Waals surface area contributed by atoms with Crippen LogP contribution in [0.5, 0.6) is 0 Å². The molecule has 2 aromatic heterocycles. The third kappa shape index (κ3) is 3.05. The van der Waals surface area contributed by atoms with Crippen molar-refractivity contribution in [3.63, 3.8) is 0 Å².